The lowest BCUT2D eigenvalue weighted by Gasteiger charge is -2.10. The van der Waals surface area contributed by atoms with Gasteiger partial charge in [-0.2, -0.15) is 13.2 Å². The van der Waals surface area contributed by atoms with Crippen LogP contribution in [0.4, 0.5) is 23.2 Å². The molecule has 0 fully saturated rings. The Kier molecular flexibility index (Phi) is 5.09. The number of phenolic OH excluding ortho intramolecular Hbond substituents is 1. The third-order valence-electron chi connectivity index (χ3n) is 4.21. The minimum absolute atomic E-state index is 0.00844. The van der Waals surface area contributed by atoms with E-state index in [1.165, 1.54) is 30.3 Å². The fraction of sp³-hybridized carbons (Fsp3) is 0.0952. The Hall–Kier alpha value is -3.35. The van der Waals surface area contributed by atoms with Crippen LogP contribution in [-0.4, -0.2) is 11.0 Å². The smallest absolute Gasteiger partial charge is 0.416 e. The zero-order valence-electron chi connectivity index (χ0n) is 14.6. The zero-order chi connectivity index (χ0) is 20.5. The summed E-state index contributed by atoms with van der Waals surface area (Å²) >= 11 is 0. The molecule has 3 rings (SSSR count). The summed E-state index contributed by atoms with van der Waals surface area (Å²) in [6, 6.07) is 12.8. The normalized spacial score (nSPS) is 11.3. The molecule has 3 aromatic rings. The summed E-state index contributed by atoms with van der Waals surface area (Å²) in [6.45, 7) is 1.69. The van der Waals surface area contributed by atoms with Gasteiger partial charge in [0, 0.05) is 16.8 Å². The molecule has 0 aliphatic rings. The second-order valence-corrected chi connectivity index (χ2v) is 6.23. The zero-order valence-corrected chi connectivity index (χ0v) is 14.6. The number of hydrogen-bond acceptors (Lipinski definition) is 2. The average molecular weight is 389 g/mol. The summed E-state index contributed by atoms with van der Waals surface area (Å²) in [5.41, 5.74) is 0.692. The molecule has 28 heavy (non-hydrogen) atoms. The van der Waals surface area contributed by atoms with Gasteiger partial charge in [-0.1, -0.05) is 18.2 Å². The van der Waals surface area contributed by atoms with Crippen molar-refractivity contribution >= 4 is 11.6 Å². The largest absolute Gasteiger partial charge is 0.508 e. The maximum absolute atomic E-state index is 14.1. The lowest BCUT2D eigenvalue weighted by Crippen LogP contribution is -2.11. The van der Waals surface area contributed by atoms with Crippen LogP contribution in [0.5, 0.6) is 5.75 Å². The third kappa shape index (κ3) is 4.14. The summed E-state index contributed by atoms with van der Waals surface area (Å²) in [7, 11) is 0. The van der Waals surface area contributed by atoms with Crippen LogP contribution < -0.4 is 5.32 Å². The number of benzene rings is 3. The van der Waals surface area contributed by atoms with Crippen molar-refractivity contribution in [1.29, 1.82) is 0 Å². The molecule has 0 radical (unpaired) electrons. The topological polar surface area (TPSA) is 49.3 Å². The molecule has 0 heterocycles. The van der Waals surface area contributed by atoms with E-state index >= 15 is 0 Å². The van der Waals surface area contributed by atoms with Gasteiger partial charge in [0.1, 0.15) is 11.6 Å². The maximum Gasteiger partial charge on any atom is 0.416 e. The Morgan fingerprint density at radius 2 is 1.64 bits per heavy atom. The number of anilines is 1. The quantitative estimate of drug-likeness (QED) is 0.441. The highest BCUT2D eigenvalue weighted by Crippen LogP contribution is 2.33. The van der Waals surface area contributed by atoms with Gasteiger partial charge < -0.3 is 10.4 Å². The Morgan fingerprint density at radius 1 is 0.964 bits per heavy atom. The summed E-state index contributed by atoms with van der Waals surface area (Å²) in [4.78, 5) is 12.3. The summed E-state index contributed by atoms with van der Waals surface area (Å²) in [6.07, 6.45) is -4.62. The van der Waals surface area contributed by atoms with E-state index < -0.39 is 23.5 Å². The van der Waals surface area contributed by atoms with E-state index in [0.29, 0.717) is 28.4 Å². The van der Waals surface area contributed by atoms with Gasteiger partial charge in [0.05, 0.1) is 5.56 Å². The number of carbonyl (C=O) groups is 1. The molecular formula is C21H15F4NO2. The minimum Gasteiger partial charge on any atom is -0.508 e. The van der Waals surface area contributed by atoms with E-state index in [4.69, 9.17) is 0 Å². The Balaban J connectivity index is 1.79. The number of aryl methyl sites for hydroxylation is 1. The lowest BCUT2D eigenvalue weighted by molar-refractivity contribution is -0.137. The fourth-order valence-electron chi connectivity index (χ4n) is 2.66. The third-order valence-corrected chi connectivity index (χ3v) is 4.21. The molecule has 0 bridgehead atoms. The first-order chi connectivity index (χ1) is 13.1. The Labute approximate surface area is 158 Å². The Morgan fingerprint density at radius 3 is 2.21 bits per heavy atom. The van der Waals surface area contributed by atoms with E-state index in [0.717, 1.165) is 12.1 Å². The number of halogens is 4. The number of phenols is 1. The van der Waals surface area contributed by atoms with Gasteiger partial charge in [-0.25, -0.2) is 4.39 Å². The van der Waals surface area contributed by atoms with Crippen molar-refractivity contribution < 1.29 is 27.5 Å². The van der Waals surface area contributed by atoms with Crippen LogP contribution in [0.1, 0.15) is 21.5 Å². The number of carbonyl (C=O) groups excluding carboxylic acids is 1. The second kappa shape index (κ2) is 7.34. The van der Waals surface area contributed by atoms with Gasteiger partial charge in [0.25, 0.3) is 5.91 Å². The molecule has 0 saturated carbocycles. The van der Waals surface area contributed by atoms with Crippen LogP contribution >= 0.6 is 0 Å². The monoisotopic (exact) mass is 389 g/mol. The van der Waals surface area contributed by atoms with Crippen molar-refractivity contribution in [3.05, 3.63) is 83.2 Å². The van der Waals surface area contributed by atoms with Crippen LogP contribution in [0.2, 0.25) is 0 Å². The number of nitrogens with one attached hydrogen (secondary N) is 1. The molecule has 1 amide bonds. The molecule has 0 aliphatic heterocycles. The first-order valence-electron chi connectivity index (χ1n) is 8.23. The molecule has 0 saturated heterocycles. The number of rotatable bonds is 3. The van der Waals surface area contributed by atoms with Crippen molar-refractivity contribution in [3.8, 4) is 16.9 Å². The SMILES string of the molecule is Cc1cc(NC(=O)c2ccc(-c3ccc(C(F)(F)F)cc3F)cc2)ccc1O. The molecule has 7 heteroatoms. The lowest BCUT2D eigenvalue weighted by atomic mass is 10.0. The number of aromatic hydroxyl groups is 1. The van der Waals surface area contributed by atoms with Gasteiger partial charge >= 0.3 is 6.18 Å². The highest BCUT2D eigenvalue weighted by Gasteiger charge is 2.31. The minimum atomic E-state index is -4.62. The maximum atomic E-state index is 14.1. The van der Waals surface area contributed by atoms with Crippen LogP contribution in [0.3, 0.4) is 0 Å². The van der Waals surface area contributed by atoms with Crippen LogP contribution in [-0.2, 0) is 6.18 Å². The fourth-order valence-corrected chi connectivity index (χ4v) is 2.66. The number of amides is 1. The molecule has 0 spiro atoms. The number of hydrogen-bond donors (Lipinski definition) is 2. The standard InChI is InChI=1S/C21H15F4NO2/c1-12-10-16(7-9-19(12)27)26-20(28)14-4-2-13(3-5-14)17-8-6-15(11-18(17)22)21(23,24)25/h2-11,27H,1H3,(H,26,28). The van der Waals surface area contributed by atoms with Crippen molar-refractivity contribution in [2.24, 2.45) is 0 Å². The van der Waals surface area contributed by atoms with Crippen molar-refractivity contribution in [2.45, 2.75) is 13.1 Å². The van der Waals surface area contributed by atoms with Gasteiger partial charge in [-0.15, -0.1) is 0 Å². The predicted molar refractivity (Wildman–Crippen MR) is 97.6 cm³/mol. The molecule has 3 aromatic carbocycles. The van der Waals surface area contributed by atoms with Crippen LogP contribution in [0, 0.1) is 12.7 Å². The predicted octanol–water partition coefficient (Wildman–Crippen LogP) is 5.78. The molecule has 0 aliphatic carbocycles. The van der Waals surface area contributed by atoms with Crippen molar-refractivity contribution in [1.82, 2.24) is 0 Å². The van der Waals surface area contributed by atoms with Gasteiger partial charge in [-0.3, -0.25) is 4.79 Å². The highest BCUT2D eigenvalue weighted by atomic mass is 19.4. The van der Waals surface area contributed by atoms with Crippen molar-refractivity contribution in [2.75, 3.05) is 5.32 Å². The average Bonchev–Trinajstić information content (AvgIpc) is 2.64. The van der Waals surface area contributed by atoms with E-state index in [9.17, 15) is 27.5 Å². The first kappa shape index (κ1) is 19.4. The molecule has 0 atom stereocenters. The summed E-state index contributed by atoms with van der Waals surface area (Å²) in [5, 5.41) is 12.2. The summed E-state index contributed by atoms with van der Waals surface area (Å²) < 4.78 is 52.0. The van der Waals surface area contributed by atoms with Crippen LogP contribution in [0.25, 0.3) is 11.1 Å². The van der Waals surface area contributed by atoms with Gasteiger partial charge in [-0.05, 0) is 60.5 Å². The van der Waals surface area contributed by atoms with Crippen molar-refractivity contribution in [3.63, 3.8) is 0 Å². The molecule has 0 aromatic heterocycles. The van der Waals surface area contributed by atoms with Gasteiger partial charge in [0.15, 0.2) is 0 Å². The van der Waals surface area contributed by atoms with Crippen LogP contribution in [0.15, 0.2) is 60.7 Å². The Bertz CT molecular complexity index is 1030. The molecule has 0 unspecified atom stereocenters. The molecule has 3 nitrogen and oxygen atoms in total. The molecule has 2 N–H and O–H groups in total. The summed E-state index contributed by atoms with van der Waals surface area (Å²) in [5.74, 6) is -1.29. The first-order valence-corrected chi connectivity index (χ1v) is 8.23. The second-order valence-electron chi connectivity index (χ2n) is 6.23. The number of alkyl halides is 3. The van der Waals surface area contributed by atoms with E-state index in [2.05, 4.69) is 5.32 Å². The van der Waals surface area contributed by atoms with E-state index in [1.54, 1.807) is 19.1 Å². The molecule has 144 valence electrons. The molecular weight excluding hydrogens is 374 g/mol. The van der Waals surface area contributed by atoms with Gasteiger partial charge in [0.2, 0.25) is 0 Å². The van der Waals surface area contributed by atoms with E-state index in [-0.39, 0.29) is 11.3 Å². The van der Waals surface area contributed by atoms with E-state index in [1.807, 2.05) is 0 Å². The highest BCUT2D eigenvalue weighted by molar-refractivity contribution is 6.04.